The molecule has 2 amide bonds. The Labute approximate surface area is 135 Å². The summed E-state index contributed by atoms with van der Waals surface area (Å²) in [4.78, 5) is 36.8. The molecule has 5 nitrogen and oxygen atoms in total. The minimum Gasteiger partial charge on any atom is -0.395 e. The van der Waals surface area contributed by atoms with Crippen LogP contribution in [0.3, 0.4) is 0 Å². The van der Waals surface area contributed by atoms with Crippen molar-refractivity contribution in [1.82, 2.24) is 5.32 Å². The van der Waals surface area contributed by atoms with Crippen LogP contribution >= 0.6 is 0 Å². The molecule has 1 saturated heterocycles. The van der Waals surface area contributed by atoms with Gasteiger partial charge in [0.2, 0.25) is 11.8 Å². The van der Waals surface area contributed by atoms with Gasteiger partial charge in [-0.1, -0.05) is 13.0 Å². The van der Waals surface area contributed by atoms with Gasteiger partial charge in [0.05, 0.1) is 12.0 Å². The number of hydrogen-bond donors (Lipinski definition) is 2. The van der Waals surface area contributed by atoms with Crippen molar-refractivity contribution in [3.8, 4) is 0 Å². The van der Waals surface area contributed by atoms with Crippen LogP contribution in [0.4, 0.5) is 0 Å². The first-order valence-corrected chi connectivity index (χ1v) is 8.61. The maximum absolute atomic E-state index is 12.7. The molecule has 124 valence electrons. The molecule has 23 heavy (non-hydrogen) atoms. The molecule has 4 aliphatic rings. The van der Waals surface area contributed by atoms with Crippen molar-refractivity contribution in [3.05, 3.63) is 11.6 Å². The summed E-state index contributed by atoms with van der Waals surface area (Å²) in [5, 5.41) is 12.6. The standard InChI is InChI=1S/C18H23NO4/c1-17-7-6-13-11(12(17)4-5-14(17)21)3-2-10-8-15(22)19-16(23)18(10,13)9-20/h2,11-13,20H,3-9H2,1H3,(H,19,22,23)/t11-,12-,13-,17-,18-/m0/s1. The zero-order valence-electron chi connectivity index (χ0n) is 13.4. The van der Waals surface area contributed by atoms with Gasteiger partial charge in [-0.2, -0.15) is 0 Å². The van der Waals surface area contributed by atoms with Crippen LogP contribution in [0.25, 0.3) is 0 Å². The minimum absolute atomic E-state index is 0.0320. The average Bonchev–Trinajstić information content (AvgIpc) is 2.82. The number of rotatable bonds is 1. The van der Waals surface area contributed by atoms with Crippen LogP contribution in [0.15, 0.2) is 11.6 Å². The first-order chi connectivity index (χ1) is 10.9. The average molecular weight is 317 g/mol. The number of piperidine rings is 1. The van der Waals surface area contributed by atoms with Gasteiger partial charge < -0.3 is 5.11 Å². The van der Waals surface area contributed by atoms with E-state index in [1.807, 2.05) is 6.08 Å². The number of ketones is 1. The Hall–Kier alpha value is -1.49. The molecule has 0 spiro atoms. The Balaban J connectivity index is 1.78. The van der Waals surface area contributed by atoms with Crippen LogP contribution in [0, 0.1) is 28.6 Å². The van der Waals surface area contributed by atoms with E-state index in [0.29, 0.717) is 18.1 Å². The fraction of sp³-hybridized carbons (Fsp3) is 0.722. The van der Waals surface area contributed by atoms with Gasteiger partial charge in [0.15, 0.2) is 0 Å². The molecular weight excluding hydrogens is 294 g/mol. The number of Topliss-reactive ketones (excluding diaryl/α,β-unsaturated/α-hetero) is 1. The van der Waals surface area contributed by atoms with Gasteiger partial charge in [-0.25, -0.2) is 0 Å². The van der Waals surface area contributed by atoms with E-state index < -0.39 is 5.41 Å². The third-order valence-electron chi connectivity index (χ3n) is 7.25. The van der Waals surface area contributed by atoms with Gasteiger partial charge in [-0.3, -0.25) is 19.7 Å². The Morgan fingerprint density at radius 3 is 2.78 bits per heavy atom. The molecular formula is C18H23NO4. The predicted octanol–water partition coefficient (Wildman–Crippen LogP) is 1.35. The highest BCUT2D eigenvalue weighted by atomic mass is 16.3. The molecule has 3 aliphatic carbocycles. The number of aliphatic hydroxyl groups is 1. The van der Waals surface area contributed by atoms with Gasteiger partial charge in [-0.15, -0.1) is 0 Å². The highest BCUT2D eigenvalue weighted by Gasteiger charge is 2.62. The second kappa shape index (κ2) is 4.76. The van der Waals surface area contributed by atoms with Gasteiger partial charge >= 0.3 is 0 Å². The molecule has 0 radical (unpaired) electrons. The lowest BCUT2D eigenvalue weighted by Crippen LogP contribution is -2.61. The van der Waals surface area contributed by atoms with Crippen LogP contribution in [-0.2, 0) is 14.4 Å². The number of hydrogen-bond acceptors (Lipinski definition) is 4. The number of imide groups is 1. The van der Waals surface area contributed by atoms with E-state index in [1.54, 1.807) is 0 Å². The third-order valence-corrected chi connectivity index (χ3v) is 7.25. The lowest BCUT2D eigenvalue weighted by molar-refractivity contribution is -0.150. The Bertz CT molecular complexity index is 639. The molecule has 0 aromatic carbocycles. The number of fused-ring (bicyclic) bond motifs is 5. The van der Waals surface area contributed by atoms with E-state index in [1.165, 1.54) is 0 Å². The largest absolute Gasteiger partial charge is 0.395 e. The Morgan fingerprint density at radius 1 is 1.26 bits per heavy atom. The first kappa shape index (κ1) is 15.1. The molecule has 0 aromatic heterocycles. The van der Waals surface area contributed by atoms with E-state index in [2.05, 4.69) is 12.2 Å². The minimum atomic E-state index is -0.955. The molecule has 0 bridgehead atoms. The number of carbonyl (C=O) groups excluding carboxylic acids is 3. The van der Waals surface area contributed by atoms with Gasteiger partial charge in [0, 0.05) is 18.3 Å². The van der Waals surface area contributed by atoms with E-state index in [-0.39, 0.29) is 42.1 Å². The quantitative estimate of drug-likeness (QED) is 0.565. The smallest absolute Gasteiger partial charge is 0.239 e. The monoisotopic (exact) mass is 317 g/mol. The van der Waals surface area contributed by atoms with E-state index in [4.69, 9.17) is 0 Å². The van der Waals surface area contributed by atoms with Gasteiger partial charge in [-0.05, 0) is 49.0 Å². The molecule has 0 unspecified atom stereocenters. The van der Waals surface area contributed by atoms with Crippen molar-refractivity contribution >= 4 is 17.6 Å². The normalized spacial score (nSPS) is 45.7. The second-order valence-corrected chi connectivity index (χ2v) is 7.94. The second-order valence-electron chi connectivity index (χ2n) is 7.94. The van der Waals surface area contributed by atoms with Crippen molar-refractivity contribution < 1.29 is 19.5 Å². The zero-order valence-corrected chi connectivity index (χ0v) is 13.4. The van der Waals surface area contributed by atoms with E-state index in [9.17, 15) is 19.5 Å². The van der Waals surface area contributed by atoms with Gasteiger partial charge in [0.1, 0.15) is 5.78 Å². The fourth-order valence-electron chi connectivity index (χ4n) is 5.99. The van der Waals surface area contributed by atoms with Crippen molar-refractivity contribution in [1.29, 1.82) is 0 Å². The molecule has 4 rings (SSSR count). The van der Waals surface area contributed by atoms with Crippen LogP contribution in [0.2, 0.25) is 0 Å². The summed E-state index contributed by atoms with van der Waals surface area (Å²) in [6, 6.07) is 0. The van der Waals surface area contributed by atoms with Gasteiger partial charge in [0.25, 0.3) is 0 Å². The lowest BCUT2D eigenvalue weighted by atomic mass is 9.49. The maximum Gasteiger partial charge on any atom is 0.239 e. The summed E-state index contributed by atoms with van der Waals surface area (Å²) >= 11 is 0. The molecule has 5 atom stereocenters. The van der Waals surface area contributed by atoms with Crippen LogP contribution in [0.1, 0.15) is 45.4 Å². The van der Waals surface area contributed by atoms with Crippen LogP contribution < -0.4 is 5.32 Å². The molecule has 2 saturated carbocycles. The summed E-state index contributed by atoms with van der Waals surface area (Å²) < 4.78 is 0. The van der Waals surface area contributed by atoms with Crippen molar-refractivity contribution in [3.63, 3.8) is 0 Å². The Morgan fingerprint density at radius 2 is 2.04 bits per heavy atom. The lowest BCUT2D eigenvalue weighted by Gasteiger charge is -2.55. The molecule has 1 aliphatic heterocycles. The molecule has 3 fully saturated rings. The van der Waals surface area contributed by atoms with Crippen molar-refractivity contribution in [2.45, 2.75) is 45.4 Å². The predicted molar refractivity (Wildman–Crippen MR) is 82.0 cm³/mol. The van der Waals surface area contributed by atoms with E-state index >= 15 is 0 Å². The molecule has 5 heteroatoms. The molecule has 2 N–H and O–H groups in total. The summed E-state index contributed by atoms with van der Waals surface area (Å²) in [5.41, 5.74) is -0.420. The van der Waals surface area contributed by atoms with Crippen LogP contribution in [-0.4, -0.2) is 29.3 Å². The highest BCUT2D eigenvalue weighted by Crippen LogP contribution is 2.62. The molecule has 0 aromatic rings. The number of amides is 2. The number of nitrogens with one attached hydrogen (secondary N) is 1. The highest BCUT2D eigenvalue weighted by molar-refractivity contribution is 6.04. The zero-order chi connectivity index (χ0) is 16.4. The fourth-order valence-corrected chi connectivity index (χ4v) is 5.99. The number of carbonyl (C=O) groups is 3. The van der Waals surface area contributed by atoms with Crippen molar-refractivity contribution in [2.24, 2.45) is 28.6 Å². The molecule has 1 heterocycles. The number of allylic oxidation sites excluding steroid dienone is 1. The van der Waals surface area contributed by atoms with E-state index in [0.717, 1.165) is 31.3 Å². The third kappa shape index (κ3) is 1.74. The SMILES string of the molecule is C[C@]12CC[C@H]3[C@@H](CC=C4CC(=O)NC(=O)[C@@]43CO)[C@@H]1CCC2=O. The first-order valence-electron chi connectivity index (χ1n) is 8.61. The maximum atomic E-state index is 12.7. The topological polar surface area (TPSA) is 83.5 Å². The summed E-state index contributed by atoms with van der Waals surface area (Å²) in [6.45, 7) is 1.83. The summed E-state index contributed by atoms with van der Waals surface area (Å²) in [7, 11) is 0. The summed E-state index contributed by atoms with van der Waals surface area (Å²) in [5.74, 6) is 0.308. The number of aliphatic hydroxyl groups excluding tert-OH is 1. The van der Waals surface area contributed by atoms with Crippen LogP contribution in [0.5, 0.6) is 0 Å². The Kier molecular flexibility index (Phi) is 3.12. The summed E-state index contributed by atoms with van der Waals surface area (Å²) in [6.07, 6.45) is 6.10. The van der Waals surface area contributed by atoms with Crippen molar-refractivity contribution in [2.75, 3.05) is 6.61 Å².